The Kier molecular flexibility index (Phi) is 3.06. The van der Waals surface area contributed by atoms with Crippen LogP contribution >= 0.6 is 0 Å². The maximum Gasteiger partial charge on any atom is 0.0684 e. The third-order valence-electron chi connectivity index (χ3n) is 2.69. The SMILES string of the molecule is CC(C)c1cc(-n2cccn2)ccc1CO. The van der Waals surface area contributed by atoms with Crippen LogP contribution in [0.5, 0.6) is 0 Å². The van der Waals surface area contributed by atoms with Crippen molar-refractivity contribution in [3.8, 4) is 5.69 Å². The lowest BCUT2D eigenvalue weighted by Gasteiger charge is -2.13. The average Bonchev–Trinajstić information content (AvgIpc) is 2.81. The fourth-order valence-electron chi connectivity index (χ4n) is 1.83. The molecule has 0 spiro atoms. The first kappa shape index (κ1) is 10.9. The Morgan fingerprint density at radius 1 is 1.38 bits per heavy atom. The summed E-state index contributed by atoms with van der Waals surface area (Å²) in [6, 6.07) is 7.93. The Bertz CT molecular complexity index is 461. The highest BCUT2D eigenvalue weighted by molar-refractivity contribution is 5.41. The number of hydrogen-bond donors (Lipinski definition) is 1. The highest BCUT2D eigenvalue weighted by atomic mass is 16.3. The molecule has 2 aromatic rings. The zero-order chi connectivity index (χ0) is 11.5. The molecule has 84 valence electrons. The van der Waals surface area contributed by atoms with Gasteiger partial charge in [-0.05, 0) is 35.2 Å². The van der Waals surface area contributed by atoms with E-state index in [0.717, 1.165) is 11.3 Å². The second kappa shape index (κ2) is 4.49. The van der Waals surface area contributed by atoms with E-state index in [1.54, 1.807) is 6.20 Å². The van der Waals surface area contributed by atoms with Crippen molar-refractivity contribution in [2.45, 2.75) is 26.4 Å². The lowest BCUT2D eigenvalue weighted by Crippen LogP contribution is -2.01. The fraction of sp³-hybridized carbons (Fsp3) is 0.308. The van der Waals surface area contributed by atoms with Crippen LogP contribution in [0.1, 0.15) is 30.9 Å². The van der Waals surface area contributed by atoms with Gasteiger partial charge < -0.3 is 5.11 Å². The normalized spacial score (nSPS) is 11.0. The molecule has 0 fully saturated rings. The second-order valence-corrected chi connectivity index (χ2v) is 4.15. The van der Waals surface area contributed by atoms with Crippen molar-refractivity contribution in [1.82, 2.24) is 9.78 Å². The van der Waals surface area contributed by atoms with Crippen LogP contribution in [0.4, 0.5) is 0 Å². The Hall–Kier alpha value is -1.61. The van der Waals surface area contributed by atoms with E-state index in [1.165, 1.54) is 5.56 Å². The summed E-state index contributed by atoms with van der Waals surface area (Å²) >= 11 is 0. The molecule has 3 nitrogen and oxygen atoms in total. The van der Waals surface area contributed by atoms with Gasteiger partial charge in [0.05, 0.1) is 12.3 Å². The quantitative estimate of drug-likeness (QED) is 0.856. The van der Waals surface area contributed by atoms with Crippen molar-refractivity contribution in [3.63, 3.8) is 0 Å². The molecule has 16 heavy (non-hydrogen) atoms. The van der Waals surface area contributed by atoms with Crippen LogP contribution in [0.15, 0.2) is 36.7 Å². The van der Waals surface area contributed by atoms with Crippen molar-refractivity contribution in [2.24, 2.45) is 0 Å². The molecule has 0 aliphatic rings. The van der Waals surface area contributed by atoms with Gasteiger partial charge in [-0.3, -0.25) is 0 Å². The molecule has 0 aliphatic carbocycles. The molecule has 0 atom stereocenters. The first-order valence-electron chi connectivity index (χ1n) is 5.46. The molecule has 0 radical (unpaired) electrons. The summed E-state index contributed by atoms with van der Waals surface area (Å²) in [4.78, 5) is 0. The van der Waals surface area contributed by atoms with Gasteiger partial charge in [-0.25, -0.2) is 4.68 Å². The van der Waals surface area contributed by atoms with E-state index >= 15 is 0 Å². The number of aliphatic hydroxyl groups excluding tert-OH is 1. The molecular weight excluding hydrogens is 200 g/mol. The van der Waals surface area contributed by atoms with Gasteiger partial charge >= 0.3 is 0 Å². The fourth-order valence-corrected chi connectivity index (χ4v) is 1.83. The van der Waals surface area contributed by atoms with E-state index in [4.69, 9.17) is 0 Å². The summed E-state index contributed by atoms with van der Waals surface area (Å²) in [5, 5.41) is 13.5. The van der Waals surface area contributed by atoms with E-state index < -0.39 is 0 Å². The Morgan fingerprint density at radius 2 is 2.19 bits per heavy atom. The van der Waals surface area contributed by atoms with Crippen molar-refractivity contribution >= 4 is 0 Å². The summed E-state index contributed by atoms with van der Waals surface area (Å²) < 4.78 is 1.83. The standard InChI is InChI=1S/C13H16N2O/c1-10(2)13-8-12(5-4-11(13)9-16)15-7-3-6-14-15/h3-8,10,16H,9H2,1-2H3. The summed E-state index contributed by atoms with van der Waals surface area (Å²) in [6.45, 7) is 4.34. The third kappa shape index (κ3) is 1.99. The van der Waals surface area contributed by atoms with Crippen LogP contribution in [0.25, 0.3) is 5.69 Å². The van der Waals surface area contributed by atoms with Gasteiger partial charge in [0.25, 0.3) is 0 Å². The molecule has 0 bridgehead atoms. The van der Waals surface area contributed by atoms with E-state index in [0.29, 0.717) is 5.92 Å². The number of benzene rings is 1. The minimum absolute atomic E-state index is 0.0902. The zero-order valence-corrected chi connectivity index (χ0v) is 9.59. The highest BCUT2D eigenvalue weighted by Gasteiger charge is 2.07. The molecule has 1 heterocycles. The Labute approximate surface area is 95.3 Å². The number of aliphatic hydroxyl groups is 1. The van der Waals surface area contributed by atoms with Crippen LogP contribution in [0.2, 0.25) is 0 Å². The molecule has 0 amide bonds. The highest BCUT2D eigenvalue weighted by Crippen LogP contribution is 2.22. The van der Waals surface area contributed by atoms with E-state index in [1.807, 2.05) is 29.1 Å². The Balaban J connectivity index is 2.47. The molecule has 1 aromatic carbocycles. The molecular formula is C13H16N2O. The van der Waals surface area contributed by atoms with Gasteiger partial charge in [0.2, 0.25) is 0 Å². The molecule has 3 heteroatoms. The number of rotatable bonds is 3. The molecule has 0 saturated heterocycles. The monoisotopic (exact) mass is 216 g/mol. The van der Waals surface area contributed by atoms with E-state index in [2.05, 4.69) is 25.0 Å². The summed E-state index contributed by atoms with van der Waals surface area (Å²) in [6.07, 6.45) is 3.67. The number of aromatic nitrogens is 2. The molecule has 0 unspecified atom stereocenters. The predicted octanol–water partition coefficient (Wildman–Crippen LogP) is 2.49. The summed E-state index contributed by atoms with van der Waals surface area (Å²) in [5.74, 6) is 0.401. The first-order valence-corrected chi connectivity index (χ1v) is 5.46. The molecule has 1 aromatic heterocycles. The van der Waals surface area contributed by atoms with Crippen LogP contribution in [-0.4, -0.2) is 14.9 Å². The van der Waals surface area contributed by atoms with E-state index in [9.17, 15) is 5.11 Å². The zero-order valence-electron chi connectivity index (χ0n) is 9.59. The van der Waals surface area contributed by atoms with Gasteiger partial charge in [0.1, 0.15) is 0 Å². The minimum atomic E-state index is 0.0902. The first-order chi connectivity index (χ1) is 7.72. The third-order valence-corrected chi connectivity index (χ3v) is 2.69. The van der Waals surface area contributed by atoms with Gasteiger partial charge in [-0.1, -0.05) is 19.9 Å². The van der Waals surface area contributed by atoms with Crippen molar-refractivity contribution in [3.05, 3.63) is 47.8 Å². The molecule has 0 aliphatic heterocycles. The molecule has 2 rings (SSSR count). The van der Waals surface area contributed by atoms with Gasteiger partial charge in [-0.15, -0.1) is 0 Å². The van der Waals surface area contributed by atoms with Crippen LogP contribution in [-0.2, 0) is 6.61 Å². The van der Waals surface area contributed by atoms with Crippen molar-refractivity contribution in [1.29, 1.82) is 0 Å². The maximum absolute atomic E-state index is 9.27. The number of nitrogens with zero attached hydrogens (tertiary/aromatic N) is 2. The van der Waals surface area contributed by atoms with Crippen LogP contribution in [0.3, 0.4) is 0 Å². The lowest BCUT2D eigenvalue weighted by atomic mass is 9.97. The number of hydrogen-bond acceptors (Lipinski definition) is 2. The molecule has 0 saturated carbocycles. The van der Waals surface area contributed by atoms with Crippen LogP contribution in [0, 0.1) is 0 Å². The van der Waals surface area contributed by atoms with E-state index in [-0.39, 0.29) is 6.61 Å². The molecule has 1 N–H and O–H groups in total. The Morgan fingerprint density at radius 3 is 2.75 bits per heavy atom. The second-order valence-electron chi connectivity index (χ2n) is 4.15. The topological polar surface area (TPSA) is 38.0 Å². The maximum atomic E-state index is 9.27. The summed E-state index contributed by atoms with van der Waals surface area (Å²) in [7, 11) is 0. The van der Waals surface area contributed by atoms with Crippen molar-refractivity contribution in [2.75, 3.05) is 0 Å². The smallest absolute Gasteiger partial charge is 0.0684 e. The van der Waals surface area contributed by atoms with Crippen molar-refractivity contribution < 1.29 is 5.11 Å². The predicted molar refractivity (Wildman–Crippen MR) is 63.6 cm³/mol. The minimum Gasteiger partial charge on any atom is -0.392 e. The van der Waals surface area contributed by atoms with Gasteiger partial charge in [-0.2, -0.15) is 5.10 Å². The summed E-state index contributed by atoms with van der Waals surface area (Å²) in [5.41, 5.74) is 3.20. The lowest BCUT2D eigenvalue weighted by molar-refractivity contribution is 0.280. The van der Waals surface area contributed by atoms with Gasteiger partial charge in [0.15, 0.2) is 0 Å². The van der Waals surface area contributed by atoms with Gasteiger partial charge in [0, 0.05) is 12.4 Å². The average molecular weight is 216 g/mol. The largest absolute Gasteiger partial charge is 0.392 e. The van der Waals surface area contributed by atoms with Crippen LogP contribution < -0.4 is 0 Å².